The first-order valence-electron chi connectivity index (χ1n) is 3.62. The first-order valence-corrected chi connectivity index (χ1v) is 3.62. The maximum absolute atomic E-state index is 12.5. The summed E-state index contributed by atoms with van der Waals surface area (Å²) in [4.78, 5) is 0. The molecule has 0 rings (SSSR count). The minimum absolute atomic E-state index is 0.342. The zero-order chi connectivity index (χ0) is 12.3. The molecule has 0 heterocycles. The summed E-state index contributed by atoms with van der Waals surface area (Å²) in [5, 5.41) is 0. The van der Waals surface area contributed by atoms with Crippen LogP contribution in [0.15, 0.2) is 12.8 Å². The molecule has 1 nitrogen and oxygen atoms in total. The van der Waals surface area contributed by atoms with Crippen molar-refractivity contribution in [3.8, 4) is 0 Å². The molecule has 0 amide bonds. The van der Waals surface area contributed by atoms with Crippen LogP contribution >= 0.6 is 0 Å². The molecule has 0 aromatic carbocycles. The molecular weight excluding hydrogens is 233 g/mol. The van der Waals surface area contributed by atoms with Gasteiger partial charge < -0.3 is 4.74 Å². The van der Waals surface area contributed by atoms with Crippen LogP contribution in [0.25, 0.3) is 0 Å². The Morgan fingerprint density at radius 2 is 1.60 bits per heavy atom. The van der Waals surface area contributed by atoms with Crippen LogP contribution < -0.4 is 0 Å². The van der Waals surface area contributed by atoms with Crippen molar-refractivity contribution in [1.29, 1.82) is 0 Å². The summed E-state index contributed by atoms with van der Waals surface area (Å²) in [5.74, 6) is 0. The fourth-order valence-electron chi connectivity index (χ4n) is 0.783. The topological polar surface area (TPSA) is 9.23 Å². The first kappa shape index (κ1) is 14.0. The predicted molar refractivity (Wildman–Crippen MR) is 36.7 cm³/mol. The van der Waals surface area contributed by atoms with Gasteiger partial charge in [0.15, 0.2) is 0 Å². The van der Waals surface area contributed by atoms with Gasteiger partial charge in [0.25, 0.3) is 0 Å². The van der Waals surface area contributed by atoms with E-state index < -0.39 is 31.0 Å². The normalized spacial score (nSPS) is 17.0. The number of rotatable bonds is 4. The van der Waals surface area contributed by atoms with E-state index in [1.165, 1.54) is 0 Å². The lowest BCUT2D eigenvalue weighted by Crippen LogP contribution is -2.39. The van der Waals surface area contributed by atoms with Gasteiger partial charge in [0, 0.05) is 0 Å². The molecule has 15 heavy (non-hydrogen) atoms. The van der Waals surface area contributed by atoms with Gasteiger partial charge in [0.05, 0.1) is 12.7 Å². The van der Waals surface area contributed by atoms with E-state index in [9.17, 15) is 30.7 Å². The van der Waals surface area contributed by atoms with Gasteiger partial charge in [-0.2, -0.15) is 26.3 Å². The van der Waals surface area contributed by atoms with Crippen LogP contribution in [0.4, 0.5) is 30.7 Å². The van der Waals surface area contributed by atoms with E-state index in [0.29, 0.717) is 6.26 Å². The summed E-state index contributed by atoms with van der Waals surface area (Å²) in [6.07, 6.45) is -18.4. The second-order valence-electron chi connectivity index (χ2n) is 2.60. The minimum atomic E-state index is -5.39. The van der Waals surface area contributed by atoms with Gasteiger partial charge in [-0.25, -0.2) is 4.39 Å². The zero-order valence-electron chi connectivity index (χ0n) is 7.20. The average Bonchev–Trinajstić information content (AvgIpc) is 1.98. The van der Waals surface area contributed by atoms with E-state index in [1.807, 2.05) is 0 Å². The Morgan fingerprint density at radius 1 is 1.13 bits per heavy atom. The van der Waals surface area contributed by atoms with E-state index in [1.54, 1.807) is 0 Å². The number of alkyl halides is 7. The zero-order valence-corrected chi connectivity index (χ0v) is 7.20. The van der Waals surface area contributed by atoms with E-state index in [0.717, 1.165) is 0 Å². The first-order chi connectivity index (χ1) is 6.58. The molecule has 0 bridgehead atoms. The molecule has 2 atom stereocenters. The van der Waals surface area contributed by atoms with Gasteiger partial charge in [-0.05, 0) is 0 Å². The second-order valence-corrected chi connectivity index (χ2v) is 2.60. The van der Waals surface area contributed by atoms with Gasteiger partial charge in [-0.1, -0.05) is 6.58 Å². The molecule has 0 saturated heterocycles. The Bertz CT molecular complexity index is 206. The Balaban J connectivity index is 4.59. The molecule has 0 radical (unpaired) electrons. The number of hydrogen-bond acceptors (Lipinski definition) is 1. The lowest BCUT2D eigenvalue weighted by molar-refractivity contribution is -0.225. The SMILES string of the molecule is C=COC(CC(F)(F)F)C(F)C(F)(F)F. The van der Waals surface area contributed by atoms with Crippen LogP contribution in [0.2, 0.25) is 0 Å². The van der Waals surface area contributed by atoms with Gasteiger partial charge in [0.1, 0.15) is 6.10 Å². The van der Waals surface area contributed by atoms with Gasteiger partial charge in [-0.15, -0.1) is 0 Å². The quantitative estimate of drug-likeness (QED) is 0.540. The summed E-state index contributed by atoms with van der Waals surface area (Å²) >= 11 is 0. The molecule has 0 saturated carbocycles. The third-order valence-corrected chi connectivity index (χ3v) is 1.34. The molecule has 0 aromatic rings. The molecule has 0 spiro atoms. The van der Waals surface area contributed by atoms with Gasteiger partial charge >= 0.3 is 12.4 Å². The van der Waals surface area contributed by atoms with Crippen molar-refractivity contribution >= 4 is 0 Å². The van der Waals surface area contributed by atoms with Gasteiger partial charge in [0.2, 0.25) is 6.17 Å². The number of halogens is 7. The van der Waals surface area contributed by atoms with E-state index in [-0.39, 0.29) is 0 Å². The standard InChI is InChI=1S/C7H7F7O/c1-2-15-4(3-6(9,10)11)5(8)7(12,13)14/h2,4-5H,1,3H2. The van der Waals surface area contributed by atoms with Crippen molar-refractivity contribution in [2.75, 3.05) is 0 Å². The molecule has 2 unspecified atom stereocenters. The van der Waals surface area contributed by atoms with Crippen molar-refractivity contribution < 1.29 is 35.5 Å². The Hall–Kier alpha value is -0.950. The highest BCUT2D eigenvalue weighted by atomic mass is 19.4. The fraction of sp³-hybridized carbons (Fsp3) is 0.714. The molecule has 8 heteroatoms. The number of hydrogen-bond donors (Lipinski definition) is 0. The largest absolute Gasteiger partial charge is 0.495 e. The smallest absolute Gasteiger partial charge is 0.423 e. The molecule has 0 fully saturated rings. The third kappa shape index (κ3) is 5.48. The number of ether oxygens (including phenoxy) is 1. The predicted octanol–water partition coefficient (Wildman–Crippen LogP) is 3.37. The Kier molecular flexibility index (Phi) is 4.42. The van der Waals surface area contributed by atoms with Crippen molar-refractivity contribution in [3.63, 3.8) is 0 Å². The van der Waals surface area contributed by atoms with Crippen LogP contribution in [0, 0.1) is 0 Å². The van der Waals surface area contributed by atoms with E-state index in [2.05, 4.69) is 11.3 Å². The molecule has 0 aliphatic carbocycles. The van der Waals surface area contributed by atoms with Crippen molar-refractivity contribution in [2.24, 2.45) is 0 Å². The van der Waals surface area contributed by atoms with E-state index >= 15 is 0 Å². The van der Waals surface area contributed by atoms with E-state index in [4.69, 9.17) is 0 Å². The van der Waals surface area contributed by atoms with Crippen LogP contribution in [0.5, 0.6) is 0 Å². The van der Waals surface area contributed by atoms with Crippen molar-refractivity contribution in [1.82, 2.24) is 0 Å². The summed E-state index contributed by atoms with van der Waals surface area (Å²) in [7, 11) is 0. The molecule has 0 aliphatic heterocycles. The Morgan fingerprint density at radius 3 is 1.87 bits per heavy atom. The van der Waals surface area contributed by atoms with Crippen LogP contribution in [0.1, 0.15) is 6.42 Å². The molecular formula is C7H7F7O. The molecule has 90 valence electrons. The van der Waals surface area contributed by atoms with Crippen LogP contribution in [-0.4, -0.2) is 24.6 Å². The molecule has 0 aliphatic rings. The summed E-state index contributed by atoms with van der Waals surface area (Å²) < 4.78 is 86.8. The third-order valence-electron chi connectivity index (χ3n) is 1.34. The van der Waals surface area contributed by atoms with Crippen molar-refractivity contribution in [3.05, 3.63) is 12.8 Å². The summed E-state index contributed by atoms with van der Waals surface area (Å²) in [5.41, 5.74) is 0. The maximum atomic E-state index is 12.5. The lowest BCUT2D eigenvalue weighted by Gasteiger charge is -2.23. The van der Waals surface area contributed by atoms with Crippen LogP contribution in [-0.2, 0) is 4.74 Å². The maximum Gasteiger partial charge on any atom is 0.423 e. The Labute approximate surface area is 80.5 Å². The lowest BCUT2D eigenvalue weighted by atomic mass is 10.1. The highest BCUT2D eigenvalue weighted by Gasteiger charge is 2.50. The minimum Gasteiger partial charge on any atom is -0.495 e. The monoisotopic (exact) mass is 240 g/mol. The highest BCUT2D eigenvalue weighted by molar-refractivity contribution is 4.80. The second kappa shape index (κ2) is 4.71. The molecule has 0 N–H and O–H groups in total. The van der Waals surface area contributed by atoms with Gasteiger partial charge in [-0.3, -0.25) is 0 Å². The summed E-state index contributed by atoms with van der Waals surface area (Å²) in [6, 6.07) is 0. The summed E-state index contributed by atoms with van der Waals surface area (Å²) in [6.45, 7) is 2.77. The molecule has 0 aromatic heterocycles. The average molecular weight is 240 g/mol. The highest BCUT2D eigenvalue weighted by Crippen LogP contribution is 2.32. The van der Waals surface area contributed by atoms with Crippen LogP contribution in [0.3, 0.4) is 0 Å². The fourth-order valence-corrected chi connectivity index (χ4v) is 0.783. The van der Waals surface area contributed by atoms with Crippen molar-refractivity contribution in [2.45, 2.75) is 31.0 Å².